The number of hydrogen-bond acceptors (Lipinski definition) is 6. The maximum absolute atomic E-state index is 12.1. The Balaban J connectivity index is 1.13. The number of aromatic hydroxyl groups is 2. The van der Waals surface area contributed by atoms with Crippen LogP contribution in [0.3, 0.4) is 0 Å². The van der Waals surface area contributed by atoms with Gasteiger partial charge in [0.15, 0.2) is 11.4 Å². The number of azo groups is 2. The van der Waals surface area contributed by atoms with E-state index in [1.165, 1.54) is 12.1 Å². The highest BCUT2D eigenvalue weighted by Crippen LogP contribution is 2.41. The van der Waals surface area contributed by atoms with Crippen molar-refractivity contribution in [2.45, 2.75) is 51.4 Å². The minimum absolute atomic E-state index is 0.105. The highest BCUT2D eigenvalue weighted by Gasteiger charge is 2.16. The van der Waals surface area contributed by atoms with Gasteiger partial charge < -0.3 is 20.2 Å². The highest BCUT2D eigenvalue weighted by atomic mass is 35.5. The molecule has 0 radical (unpaired) electrons. The Bertz CT molecular complexity index is 1510. The number of rotatable bonds is 11. The molecule has 0 spiro atoms. The van der Waals surface area contributed by atoms with Crippen molar-refractivity contribution >= 4 is 91.4 Å². The lowest BCUT2D eigenvalue weighted by Gasteiger charge is -2.00. The van der Waals surface area contributed by atoms with Crippen LogP contribution in [0.25, 0.3) is 21.8 Å². The van der Waals surface area contributed by atoms with E-state index in [1.807, 2.05) is 0 Å². The van der Waals surface area contributed by atoms with Gasteiger partial charge in [0.05, 0.1) is 21.1 Å². The standard InChI is InChI=1S/C26H24Cl4N6O4/c27-13-9-15-21(17(29)11-13)31-25(39)23(15)35-33-19(37)7-5-3-1-2-4-6-8-20(38)34-36-24-16-10-14(28)12-18(30)22(16)32-26(24)40/h9-12,31-32,39-40H,1-8H2. The maximum Gasteiger partial charge on any atom is 0.264 e. The Labute approximate surface area is 248 Å². The first-order chi connectivity index (χ1) is 19.1. The molecule has 0 fully saturated rings. The van der Waals surface area contributed by atoms with Gasteiger partial charge in [0.25, 0.3) is 11.8 Å². The number of carbonyl (C=O) groups excluding carboxylic acids is 2. The normalized spacial score (nSPS) is 12.0. The smallest absolute Gasteiger partial charge is 0.264 e. The lowest BCUT2D eigenvalue weighted by atomic mass is 10.1. The summed E-state index contributed by atoms with van der Waals surface area (Å²) < 4.78 is 0. The molecule has 210 valence electrons. The summed E-state index contributed by atoms with van der Waals surface area (Å²) in [6.45, 7) is 0. The van der Waals surface area contributed by atoms with Crippen LogP contribution in [0.15, 0.2) is 44.7 Å². The molecule has 2 heterocycles. The van der Waals surface area contributed by atoms with Crippen molar-refractivity contribution in [3.8, 4) is 11.8 Å². The molecule has 0 saturated carbocycles. The molecule has 4 rings (SSSR count). The summed E-state index contributed by atoms with van der Waals surface area (Å²) in [5, 5.41) is 37.7. The second-order valence-electron chi connectivity index (χ2n) is 9.07. The van der Waals surface area contributed by atoms with Gasteiger partial charge in [-0.1, -0.05) is 72.1 Å². The Morgan fingerprint density at radius 1 is 0.625 bits per heavy atom. The number of amides is 2. The molecule has 0 unspecified atom stereocenters. The van der Waals surface area contributed by atoms with Crippen LogP contribution >= 0.6 is 46.4 Å². The first-order valence-corrected chi connectivity index (χ1v) is 13.9. The van der Waals surface area contributed by atoms with Crippen molar-refractivity contribution in [3.05, 3.63) is 44.4 Å². The zero-order valence-corrected chi connectivity index (χ0v) is 24.0. The summed E-state index contributed by atoms with van der Waals surface area (Å²) in [4.78, 5) is 29.6. The van der Waals surface area contributed by atoms with Crippen molar-refractivity contribution < 1.29 is 19.8 Å². The third-order valence-electron chi connectivity index (χ3n) is 6.11. The van der Waals surface area contributed by atoms with E-state index in [-0.39, 0.29) is 36.0 Å². The number of nitrogens with one attached hydrogen (secondary N) is 2. The summed E-state index contributed by atoms with van der Waals surface area (Å²) in [7, 11) is 0. The predicted octanol–water partition coefficient (Wildman–Crippen LogP) is 9.72. The van der Waals surface area contributed by atoms with Crippen LogP contribution in [0, 0.1) is 0 Å². The Morgan fingerprint density at radius 3 is 1.40 bits per heavy atom. The van der Waals surface area contributed by atoms with Gasteiger partial charge in [0.2, 0.25) is 11.8 Å². The molecule has 10 nitrogen and oxygen atoms in total. The van der Waals surface area contributed by atoms with Crippen molar-refractivity contribution in [1.82, 2.24) is 9.97 Å². The average molecular weight is 626 g/mol. The Kier molecular flexibility index (Phi) is 10.0. The maximum atomic E-state index is 12.1. The number of unbranched alkanes of at least 4 members (excludes halogenated alkanes) is 5. The molecule has 0 aliphatic carbocycles. The summed E-state index contributed by atoms with van der Waals surface area (Å²) in [6, 6.07) is 6.22. The van der Waals surface area contributed by atoms with Gasteiger partial charge in [0.1, 0.15) is 0 Å². The third-order valence-corrected chi connectivity index (χ3v) is 7.14. The molecule has 4 N–H and O–H groups in total. The zero-order valence-electron chi connectivity index (χ0n) is 21.0. The fourth-order valence-electron chi connectivity index (χ4n) is 4.16. The van der Waals surface area contributed by atoms with Crippen molar-refractivity contribution in [1.29, 1.82) is 0 Å². The summed E-state index contributed by atoms with van der Waals surface area (Å²) in [5.74, 6) is -1.30. The van der Waals surface area contributed by atoms with Crippen LogP contribution in [-0.4, -0.2) is 32.0 Å². The predicted molar refractivity (Wildman–Crippen MR) is 156 cm³/mol. The van der Waals surface area contributed by atoms with Crippen molar-refractivity contribution in [2.75, 3.05) is 0 Å². The lowest BCUT2D eigenvalue weighted by Crippen LogP contribution is -1.93. The monoisotopic (exact) mass is 624 g/mol. The van der Waals surface area contributed by atoms with E-state index in [4.69, 9.17) is 46.4 Å². The summed E-state index contributed by atoms with van der Waals surface area (Å²) in [6.07, 6.45) is 5.17. The number of halogens is 4. The van der Waals surface area contributed by atoms with E-state index >= 15 is 0 Å². The Hall–Kier alpha value is -3.18. The van der Waals surface area contributed by atoms with Gasteiger partial charge in [0, 0.05) is 33.7 Å². The quantitative estimate of drug-likeness (QED) is 0.0966. The van der Waals surface area contributed by atoms with Gasteiger partial charge in [-0.05, 0) is 37.1 Å². The zero-order chi connectivity index (χ0) is 28.8. The first kappa shape index (κ1) is 29.8. The summed E-state index contributed by atoms with van der Waals surface area (Å²) in [5.41, 5.74) is 1.13. The van der Waals surface area contributed by atoms with Gasteiger partial charge in [-0.2, -0.15) is 0 Å². The van der Waals surface area contributed by atoms with Crippen LogP contribution < -0.4 is 0 Å². The molecule has 0 aliphatic rings. The summed E-state index contributed by atoms with van der Waals surface area (Å²) >= 11 is 24.3. The van der Waals surface area contributed by atoms with Crippen LogP contribution in [0.5, 0.6) is 11.8 Å². The topological polar surface area (TPSA) is 156 Å². The molecule has 0 bridgehead atoms. The molecule has 40 heavy (non-hydrogen) atoms. The Morgan fingerprint density at radius 2 is 1.00 bits per heavy atom. The van der Waals surface area contributed by atoms with Crippen molar-refractivity contribution in [3.63, 3.8) is 0 Å². The number of aromatic amines is 2. The van der Waals surface area contributed by atoms with E-state index in [0.29, 0.717) is 54.7 Å². The molecule has 14 heteroatoms. The third kappa shape index (κ3) is 7.31. The number of aromatic nitrogens is 2. The molecular formula is C26H24Cl4N6O4. The van der Waals surface area contributed by atoms with E-state index in [1.54, 1.807) is 12.1 Å². The van der Waals surface area contributed by atoms with Crippen LogP contribution in [0.1, 0.15) is 51.4 Å². The second kappa shape index (κ2) is 13.5. The first-order valence-electron chi connectivity index (χ1n) is 12.4. The van der Waals surface area contributed by atoms with Gasteiger partial charge in [-0.3, -0.25) is 9.59 Å². The number of fused-ring (bicyclic) bond motifs is 2. The molecule has 2 amide bonds. The number of hydrogen-bond donors (Lipinski definition) is 4. The van der Waals surface area contributed by atoms with Crippen LogP contribution in [0.2, 0.25) is 20.1 Å². The van der Waals surface area contributed by atoms with Gasteiger partial charge >= 0.3 is 0 Å². The second-order valence-corrected chi connectivity index (χ2v) is 10.8. The van der Waals surface area contributed by atoms with E-state index in [0.717, 1.165) is 25.7 Å². The number of H-pyrrole nitrogens is 2. The molecule has 2 aromatic heterocycles. The minimum atomic E-state index is -0.399. The number of benzene rings is 2. The van der Waals surface area contributed by atoms with Gasteiger partial charge in [-0.25, -0.2) is 0 Å². The van der Waals surface area contributed by atoms with E-state index in [9.17, 15) is 19.8 Å². The molecular weight excluding hydrogens is 602 g/mol. The largest absolute Gasteiger partial charge is 0.493 e. The van der Waals surface area contributed by atoms with Crippen LogP contribution in [0.4, 0.5) is 11.4 Å². The lowest BCUT2D eigenvalue weighted by molar-refractivity contribution is -0.119. The molecule has 0 atom stereocenters. The highest BCUT2D eigenvalue weighted by molar-refractivity contribution is 6.39. The van der Waals surface area contributed by atoms with Crippen molar-refractivity contribution in [2.24, 2.45) is 20.5 Å². The molecule has 0 aliphatic heterocycles. The van der Waals surface area contributed by atoms with Gasteiger partial charge in [-0.15, -0.1) is 20.5 Å². The minimum Gasteiger partial charge on any atom is -0.493 e. The van der Waals surface area contributed by atoms with Crippen LogP contribution in [-0.2, 0) is 9.59 Å². The average Bonchev–Trinajstić information content (AvgIpc) is 3.38. The fourth-order valence-corrected chi connectivity index (χ4v) is 5.24. The fraction of sp³-hybridized carbons (Fsp3) is 0.308. The molecule has 2 aromatic carbocycles. The number of nitrogens with zero attached hydrogens (tertiary/aromatic N) is 4. The molecule has 4 aromatic rings. The van der Waals surface area contributed by atoms with E-state index < -0.39 is 11.8 Å². The van der Waals surface area contributed by atoms with E-state index in [2.05, 4.69) is 30.4 Å². The molecule has 0 saturated heterocycles. The number of carbonyl (C=O) groups is 2. The SMILES string of the molecule is O=C(CCCCCCCCC(=O)N=Nc1c(O)[nH]c2c(Cl)cc(Cl)cc12)N=Nc1c(O)[nH]c2c(Cl)cc(Cl)cc12.